The van der Waals surface area contributed by atoms with Crippen LogP contribution >= 0.6 is 0 Å². The minimum absolute atomic E-state index is 0.338. The summed E-state index contributed by atoms with van der Waals surface area (Å²) in [4.78, 5) is 15.0. The maximum atomic E-state index is 11.9. The van der Waals surface area contributed by atoms with Crippen LogP contribution in [0.25, 0.3) is 32.8 Å². The Morgan fingerprint density at radius 2 is 2.00 bits per heavy atom. The van der Waals surface area contributed by atoms with Gasteiger partial charge in [0.2, 0.25) is 0 Å². The number of furan rings is 1. The van der Waals surface area contributed by atoms with Gasteiger partial charge in [-0.1, -0.05) is 18.2 Å². The molecule has 4 nitrogen and oxygen atoms in total. The summed E-state index contributed by atoms with van der Waals surface area (Å²) < 4.78 is 10.9. The van der Waals surface area contributed by atoms with Crippen molar-refractivity contribution in [2.45, 2.75) is 6.92 Å². The molecule has 0 spiro atoms. The Morgan fingerprint density at radius 1 is 1.14 bits per heavy atom. The van der Waals surface area contributed by atoms with Gasteiger partial charge in [-0.2, -0.15) is 0 Å². The van der Waals surface area contributed by atoms with E-state index in [4.69, 9.17) is 9.15 Å². The molecule has 4 aromatic rings. The second-order valence-corrected chi connectivity index (χ2v) is 4.90. The molecule has 2 heterocycles. The van der Waals surface area contributed by atoms with Crippen LogP contribution in [-0.2, 0) is 4.74 Å². The number of nitrogens with one attached hydrogen (secondary N) is 1. The summed E-state index contributed by atoms with van der Waals surface area (Å²) in [5, 5.41) is 3.04. The van der Waals surface area contributed by atoms with Crippen LogP contribution in [0, 0.1) is 0 Å². The van der Waals surface area contributed by atoms with E-state index in [1.54, 1.807) is 6.92 Å². The number of benzene rings is 2. The minimum atomic E-state index is -0.338. The van der Waals surface area contributed by atoms with Gasteiger partial charge < -0.3 is 14.1 Å². The van der Waals surface area contributed by atoms with Crippen molar-refractivity contribution in [3.05, 3.63) is 48.2 Å². The Balaban J connectivity index is 2.06. The Labute approximate surface area is 120 Å². The molecule has 0 aliphatic carbocycles. The van der Waals surface area contributed by atoms with Crippen molar-refractivity contribution in [1.82, 2.24) is 4.98 Å². The first-order valence-electron chi connectivity index (χ1n) is 6.88. The lowest BCUT2D eigenvalue weighted by Gasteiger charge is -1.96. The number of para-hydroxylation sites is 1. The highest BCUT2D eigenvalue weighted by molar-refractivity contribution is 6.19. The summed E-state index contributed by atoms with van der Waals surface area (Å²) in [6, 6.07) is 13.6. The molecule has 2 aromatic heterocycles. The second kappa shape index (κ2) is 4.38. The predicted octanol–water partition coefficient (Wildman–Crippen LogP) is 4.24. The highest BCUT2D eigenvalue weighted by Crippen LogP contribution is 2.34. The first kappa shape index (κ1) is 12.0. The van der Waals surface area contributed by atoms with Gasteiger partial charge in [0.05, 0.1) is 6.61 Å². The van der Waals surface area contributed by atoms with Crippen molar-refractivity contribution in [2.24, 2.45) is 0 Å². The van der Waals surface area contributed by atoms with Crippen LogP contribution in [-0.4, -0.2) is 17.6 Å². The number of aromatic nitrogens is 1. The fourth-order valence-electron chi connectivity index (χ4n) is 2.75. The molecule has 0 bridgehead atoms. The molecular weight excluding hydrogens is 266 g/mol. The average Bonchev–Trinajstić information content (AvgIpc) is 3.07. The standard InChI is InChI=1S/C17H13NO3/c1-2-20-17(19)13-9-11-12(18-13)7-8-15-16(11)10-5-3-4-6-14(10)21-15/h3-9,18H,2H2,1H3. The van der Waals surface area contributed by atoms with Crippen LogP contribution in [0.5, 0.6) is 0 Å². The van der Waals surface area contributed by atoms with Crippen LogP contribution < -0.4 is 0 Å². The van der Waals surface area contributed by atoms with E-state index >= 15 is 0 Å². The number of hydrogen-bond acceptors (Lipinski definition) is 3. The van der Waals surface area contributed by atoms with E-state index in [2.05, 4.69) is 4.98 Å². The molecule has 1 N–H and O–H groups in total. The Kier molecular flexibility index (Phi) is 2.51. The van der Waals surface area contributed by atoms with Gasteiger partial charge >= 0.3 is 5.97 Å². The summed E-state index contributed by atoms with van der Waals surface area (Å²) >= 11 is 0. The number of ether oxygens (including phenoxy) is 1. The number of H-pyrrole nitrogens is 1. The number of carbonyl (C=O) groups excluding carboxylic acids is 1. The molecule has 0 saturated heterocycles. The molecule has 0 saturated carbocycles. The van der Waals surface area contributed by atoms with Crippen molar-refractivity contribution >= 4 is 38.8 Å². The molecule has 2 aromatic carbocycles. The summed E-state index contributed by atoms with van der Waals surface area (Å²) in [6.45, 7) is 2.15. The van der Waals surface area contributed by atoms with Gasteiger partial charge in [0.1, 0.15) is 16.9 Å². The highest BCUT2D eigenvalue weighted by Gasteiger charge is 2.15. The van der Waals surface area contributed by atoms with E-state index in [-0.39, 0.29) is 5.97 Å². The van der Waals surface area contributed by atoms with Crippen LogP contribution in [0.3, 0.4) is 0 Å². The number of fused-ring (bicyclic) bond motifs is 5. The molecule has 0 amide bonds. The minimum Gasteiger partial charge on any atom is -0.461 e. The number of aromatic amines is 1. The molecule has 0 atom stereocenters. The lowest BCUT2D eigenvalue weighted by atomic mass is 10.1. The number of hydrogen-bond donors (Lipinski definition) is 1. The van der Waals surface area contributed by atoms with E-state index in [1.165, 1.54) is 0 Å². The SMILES string of the molecule is CCOC(=O)c1cc2c(ccc3oc4ccccc4c32)[nH]1. The fraction of sp³-hybridized carbons (Fsp3) is 0.118. The molecule has 0 aliphatic heterocycles. The van der Waals surface area contributed by atoms with Crippen LogP contribution in [0.1, 0.15) is 17.4 Å². The molecule has 4 rings (SSSR count). The zero-order valence-corrected chi connectivity index (χ0v) is 11.5. The third kappa shape index (κ3) is 1.72. The quantitative estimate of drug-likeness (QED) is 0.558. The first-order chi connectivity index (χ1) is 10.3. The Hall–Kier alpha value is -2.75. The van der Waals surface area contributed by atoms with Crippen molar-refractivity contribution < 1.29 is 13.9 Å². The number of carbonyl (C=O) groups is 1. The molecular formula is C17H13NO3. The molecule has 0 fully saturated rings. The van der Waals surface area contributed by atoms with Crippen LogP contribution in [0.4, 0.5) is 0 Å². The van der Waals surface area contributed by atoms with Gasteiger partial charge in [0, 0.05) is 21.7 Å². The van der Waals surface area contributed by atoms with Gasteiger partial charge in [-0.15, -0.1) is 0 Å². The zero-order valence-electron chi connectivity index (χ0n) is 11.5. The summed E-state index contributed by atoms with van der Waals surface area (Å²) in [6.07, 6.45) is 0. The third-order valence-corrected chi connectivity index (χ3v) is 3.64. The largest absolute Gasteiger partial charge is 0.461 e. The molecule has 0 radical (unpaired) electrons. The molecule has 0 unspecified atom stereocenters. The van der Waals surface area contributed by atoms with E-state index < -0.39 is 0 Å². The smallest absolute Gasteiger partial charge is 0.354 e. The summed E-state index contributed by atoms with van der Waals surface area (Å²) in [7, 11) is 0. The van der Waals surface area contributed by atoms with Gasteiger partial charge in [-0.25, -0.2) is 4.79 Å². The monoisotopic (exact) mass is 279 g/mol. The fourth-order valence-corrected chi connectivity index (χ4v) is 2.75. The maximum absolute atomic E-state index is 11.9. The number of rotatable bonds is 2. The van der Waals surface area contributed by atoms with E-state index in [0.717, 1.165) is 32.8 Å². The van der Waals surface area contributed by atoms with Gasteiger partial charge in [-0.3, -0.25) is 0 Å². The Bertz CT molecular complexity index is 978. The topological polar surface area (TPSA) is 55.2 Å². The van der Waals surface area contributed by atoms with Gasteiger partial charge in [-0.05, 0) is 31.2 Å². The lowest BCUT2D eigenvalue weighted by molar-refractivity contribution is 0.0520. The highest BCUT2D eigenvalue weighted by atomic mass is 16.5. The molecule has 4 heteroatoms. The second-order valence-electron chi connectivity index (χ2n) is 4.90. The predicted molar refractivity (Wildman–Crippen MR) is 81.5 cm³/mol. The lowest BCUT2D eigenvalue weighted by Crippen LogP contribution is -2.04. The van der Waals surface area contributed by atoms with Crippen LogP contribution in [0.15, 0.2) is 46.9 Å². The number of esters is 1. The Morgan fingerprint density at radius 3 is 2.86 bits per heavy atom. The molecule has 104 valence electrons. The third-order valence-electron chi connectivity index (χ3n) is 3.64. The first-order valence-corrected chi connectivity index (χ1v) is 6.88. The summed E-state index contributed by atoms with van der Waals surface area (Å²) in [5.74, 6) is -0.338. The average molecular weight is 279 g/mol. The zero-order chi connectivity index (χ0) is 14.4. The maximum Gasteiger partial charge on any atom is 0.354 e. The van der Waals surface area contributed by atoms with Gasteiger partial charge in [0.15, 0.2) is 0 Å². The van der Waals surface area contributed by atoms with Crippen molar-refractivity contribution in [3.8, 4) is 0 Å². The normalized spacial score (nSPS) is 11.5. The van der Waals surface area contributed by atoms with Crippen molar-refractivity contribution in [3.63, 3.8) is 0 Å². The van der Waals surface area contributed by atoms with Crippen molar-refractivity contribution in [2.75, 3.05) is 6.61 Å². The van der Waals surface area contributed by atoms with E-state index in [0.29, 0.717) is 12.3 Å². The van der Waals surface area contributed by atoms with Gasteiger partial charge in [0.25, 0.3) is 0 Å². The van der Waals surface area contributed by atoms with E-state index in [9.17, 15) is 4.79 Å². The molecule has 0 aliphatic rings. The molecule has 21 heavy (non-hydrogen) atoms. The van der Waals surface area contributed by atoms with Crippen LogP contribution in [0.2, 0.25) is 0 Å². The van der Waals surface area contributed by atoms with E-state index in [1.807, 2.05) is 42.5 Å². The summed E-state index contributed by atoms with van der Waals surface area (Å²) in [5.41, 5.74) is 3.03. The van der Waals surface area contributed by atoms with Crippen molar-refractivity contribution in [1.29, 1.82) is 0 Å².